The number of nitro groups is 1. The van der Waals surface area contributed by atoms with Crippen molar-refractivity contribution >= 4 is 11.6 Å². The second-order valence-electron chi connectivity index (χ2n) is 4.93. The molecule has 0 aliphatic heterocycles. The first kappa shape index (κ1) is 14.4. The van der Waals surface area contributed by atoms with Crippen molar-refractivity contribution in [2.75, 3.05) is 6.54 Å². The zero-order valence-electron chi connectivity index (χ0n) is 10.8. The zero-order valence-corrected chi connectivity index (χ0v) is 10.8. The molecule has 0 spiro atoms. The molecule has 2 atom stereocenters. The molecule has 1 aliphatic rings. The van der Waals surface area contributed by atoms with E-state index in [1.54, 1.807) is 0 Å². The third kappa shape index (κ3) is 2.93. The molecule has 1 fully saturated rings. The Morgan fingerprint density at radius 1 is 1.50 bits per heavy atom. The van der Waals surface area contributed by atoms with Crippen molar-refractivity contribution in [1.29, 1.82) is 0 Å². The summed E-state index contributed by atoms with van der Waals surface area (Å²) in [6.45, 7) is 0.461. The van der Waals surface area contributed by atoms with Gasteiger partial charge in [-0.25, -0.2) is 4.39 Å². The predicted molar refractivity (Wildman–Crippen MR) is 70.7 cm³/mol. The van der Waals surface area contributed by atoms with Crippen LogP contribution in [0.5, 0.6) is 0 Å². The summed E-state index contributed by atoms with van der Waals surface area (Å²) >= 11 is 0. The average Bonchev–Trinajstić information content (AvgIpc) is 2.86. The molecule has 20 heavy (non-hydrogen) atoms. The molecule has 3 N–H and O–H groups in total. The van der Waals surface area contributed by atoms with Crippen LogP contribution in [-0.2, 0) is 0 Å². The summed E-state index contributed by atoms with van der Waals surface area (Å²) in [6, 6.07) is 2.83. The molecule has 6 nitrogen and oxygen atoms in total. The predicted octanol–water partition coefficient (Wildman–Crippen LogP) is 1.59. The SMILES string of the molecule is NCC1CCCC1NC(=O)c1cc([N+](=O)[O-])ccc1F. The number of amides is 1. The number of nitrogens with one attached hydrogen (secondary N) is 1. The van der Waals surface area contributed by atoms with Crippen LogP contribution in [0.25, 0.3) is 0 Å². The summed E-state index contributed by atoms with van der Waals surface area (Å²) in [5, 5.41) is 13.4. The minimum absolute atomic E-state index is 0.0915. The molecule has 0 bridgehead atoms. The quantitative estimate of drug-likeness (QED) is 0.646. The molecule has 7 heteroatoms. The molecule has 0 aromatic heterocycles. The van der Waals surface area contributed by atoms with Crippen LogP contribution in [-0.4, -0.2) is 23.4 Å². The van der Waals surface area contributed by atoms with E-state index < -0.39 is 16.6 Å². The molecule has 108 valence electrons. The highest BCUT2D eigenvalue weighted by atomic mass is 19.1. The van der Waals surface area contributed by atoms with Crippen LogP contribution in [0.1, 0.15) is 29.6 Å². The highest BCUT2D eigenvalue weighted by Crippen LogP contribution is 2.25. The molecule has 1 aromatic rings. The van der Waals surface area contributed by atoms with Crippen molar-refractivity contribution in [3.05, 3.63) is 39.7 Å². The first-order valence-electron chi connectivity index (χ1n) is 6.47. The lowest BCUT2D eigenvalue weighted by Gasteiger charge is -2.19. The number of hydrogen-bond acceptors (Lipinski definition) is 4. The maximum atomic E-state index is 13.6. The van der Waals surface area contributed by atoms with E-state index in [0.29, 0.717) is 6.54 Å². The van der Waals surface area contributed by atoms with E-state index in [-0.39, 0.29) is 23.2 Å². The van der Waals surface area contributed by atoms with E-state index in [1.165, 1.54) is 0 Å². The van der Waals surface area contributed by atoms with Gasteiger partial charge in [0, 0.05) is 18.2 Å². The second-order valence-corrected chi connectivity index (χ2v) is 4.93. The number of halogens is 1. The number of rotatable bonds is 4. The van der Waals surface area contributed by atoms with Crippen molar-refractivity contribution < 1.29 is 14.1 Å². The Morgan fingerprint density at radius 2 is 2.25 bits per heavy atom. The Hall–Kier alpha value is -2.02. The van der Waals surface area contributed by atoms with Crippen LogP contribution in [0.15, 0.2) is 18.2 Å². The number of nitro benzene ring substituents is 1. The highest BCUT2D eigenvalue weighted by molar-refractivity contribution is 5.95. The van der Waals surface area contributed by atoms with Gasteiger partial charge in [0.1, 0.15) is 5.82 Å². The van der Waals surface area contributed by atoms with Crippen LogP contribution < -0.4 is 11.1 Å². The van der Waals surface area contributed by atoms with Gasteiger partial charge in [0.2, 0.25) is 0 Å². The van der Waals surface area contributed by atoms with Crippen molar-refractivity contribution in [1.82, 2.24) is 5.32 Å². The summed E-state index contributed by atoms with van der Waals surface area (Å²) in [7, 11) is 0. The van der Waals surface area contributed by atoms with Crippen LogP contribution in [0.3, 0.4) is 0 Å². The first-order chi connectivity index (χ1) is 9.52. The van der Waals surface area contributed by atoms with Gasteiger partial charge in [-0.15, -0.1) is 0 Å². The van der Waals surface area contributed by atoms with Gasteiger partial charge in [0.25, 0.3) is 11.6 Å². The normalized spacial score (nSPS) is 21.7. The lowest BCUT2D eigenvalue weighted by atomic mass is 10.0. The maximum absolute atomic E-state index is 13.6. The largest absolute Gasteiger partial charge is 0.349 e. The smallest absolute Gasteiger partial charge is 0.270 e. The van der Waals surface area contributed by atoms with Gasteiger partial charge >= 0.3 is 0 Å². The molecule has 0 heterocycles. The lowest BCUT2D eigenvalue weighted by Crippen LogP contribution is -2.40. The van der Waals surface area contributed by atoms with Gasteiger partial charge in [-0.2, -0.15) is 0 Å². The summed E-state index contributed by atoms with van der Waals surface area (Å²) in [5.74, 6) is -1.22. The lowest BCUT2D eigenvalue weighted by molar-refractivity contribution is -0.384. The van der Waals surface area contributed by atoms with Gasteiger partial charge in [0.05, 0.1) is 10.5 Å². The molecule has 2 unspecified atom stereocenters. The number of benzene rings is 1. The number of non-ortho nitro benzene ring substituents is 1. The van der Waals surface area contributed by atoms with E-state index in [9.17, 15) is 19.3 Å². The molecule has 2 rings (SSSR count). The Labute approximate surface area is 115 Å². The standard InChI is InChI=1S/C13H16FN3O3/c14-11-5-4-9(17(19)20)6-10(11)13(18)16-12-3-1-2-8(12)7-15/h4-6,8,12H,1-3,7,15H2,(H,16,18). The number of nitrogens with two attached hydrogens (primary N) is 1. The number of carbonyl (C=O) groups excluding carboxylic acids is 1. The van der Waals surface area contributed by atoms with Crippen molar-refractivity contribution in [2.45, 2.75) is 25.3 Å². The van der Waals surface area contributed by atoms with Crippen molar-refractivity contribution in [2.24, 2.45) is 11.7 Å². The molecule has 1 aromatic carbocycles. The van der Waals surface area contributed by atoms with Gasteiger partial charge in [0.15, 0.2) is 0 Å². The summed E-state index contributed by atoms with van der Waals surface area (Å²) in [4.78, 5) is 22.0. The van der Waals surface area contributed by atoms with Crippen LogP contribution in [0.4, 0.5) is 10.1 Å². The van der Waals surface area contributed by atoms with Gasteiger partial charge in [-0.05, 0) is 31.4 Å². The van der Waals surface area contributed by atoms with E-state index >= 15 is 0 Å². The van der Waals surface area contributed by atoms with Gasteiger partial charge in [-0.3, -0.25) is 14.9 Å². The molecular weight excluding hydrogens is 265 g/mol. The monoisotopic (exact) mass is 281 g/mol. The van der Waals surface area contributed by atoms with Gasteiger partial charge < -0.3 is 11.1 Å². The Kier molecular flexibility index (Phi) is 4.29. The Bertz CT molecular complexity index is 536. The summed E-state index contributed by atoms with van der Waals surface area (Å²) in [5.41, 5.74) is 5.01. The van der Waals surface area contributed by atoms with Crippen LogP contribution in [0.2, 0.25) is 0 Å². The number of carbonyl (C=O) groups is 1. The number of hydrogen-bond donors (Lipinski definition) is 2. The van der Waals surface area contributed by atoms with E-state index in [0.717, 1.165) is 37.5 Å². The molecule has 1 saturated carbocycles. The molecule has 0 radical (unpaired) electrons. The number of nitrogens with zero attached hydrogens (tertiary/aromatic N) is 1. The summed E-state index contributed by atoms with van der Waals surface area (Å²) in [6.07, 6.45) is 2.69. The fourth-order valence-electron chi connectivity index (χ4n) is 2.56. The van der Waals surface area contributed by atoms with E-state index in [4.69, 9.17) is 5.73 Å². The third-order valence-electron chi connectivity index (χ3n) is 3.68. The minimum Gasteiger partial charge on any atom is -0.349 e. The van der Waals surface area contributed by atoms with Crippen molar-refractivity contribution in [3.63, 3.8) is 0 Å². The van der Waals surface area contributed by atoms with Crippen LogP contribution in [0, 0.1) is 21.8 Å². The fourth-order valence-corrected chi connectivity index (χ4v) is 2.56. The second kappa shape index (κ2) is 5.96. The third-order valence-corrected chi connectivity index (χ3v) is 3.68. The molecule has 1 aliphatic carbocycles. The maximum Gasteiger partial charge on any atom is 0.270 e. The average molecular weight is 281 g/mol. The van der Waals surface area contributed by atoms with E-state index in [2.05, 4.69) is 5.32 Å². The first-order valence-corrected chi connectivity index (χ1v) is 6.47. The Morgan fingerprint density at radius 3 is 2.90 bits per heavy atom. The fraction of sp³-hybridized carbons (Fsp3) is 0.462. The topological polar surface area (TPSA) is 98.3 Å². The minimum atomic E-state index is -0.768. The van der Waals surface area contributed by atoms with Crippen LogP contribution >= 0.6 is 0 Å². The molecule has 0 saturated heterocycles. The highest BCUT2D eigenvalue weighted by Gasteiger charge is 2.28. The molecular formula is C13H16FN3O3. The zero-order chi connectivity index (χ0) is 14.7. The molecule has 1 amide bonds. The Balaban J connectivity index is 2.16. The summed E-state index contributed by atoms with van der Waals surface area (Å²) < 4.78 is 13.6. The van der Waals surface area contributed by atoms with Gasteiger partial charge in [-0.1, -0.05) is 6.42 Å². The van der Waals surface area contributed by atoms with E-state index in [1.807, 2.05) is 0 Å². The van der Waals surface area contributed by atoms with Crippen molar-refractivity contribution in [3.8, 4) is 0 Å².